The first-order chi connectivity index (χ1) is 8.06. The van der Waals surface area contributed by atoms with Gasteiger partial charge in [-0.25, -0.2) is 0 Å². The SMILES string of the molecule is C=C(C)CN(C)C(=O)C1COCC1NCCC. The van der Waals surface area contributed by atoms with Crippen LogP contribution in [-0.2, 0) is 9.53 Å². The molecule has 0 saturated carbocycles. The third-order valence-electron chi connectivity index (χ3n) is 2.94. The number of amides is 1. The standard InChI is InChI=1S/C13H24N2O2/c1-5-6-14-12-9-17-8-11(12)13(16)15(4)7-10(2)3/h11-12,14H,2,5-9H2,1,3-4H3. The summed E-state index contributed by atoms with van der Waals surface area (Å²) in [5.41, 5.74) is 0.998. The van der Waals surface area contributed by atoms with E-state index in [2.05, 4.69) is 18.8 Å². The zero-order valence-corrected chi connectivity index (χ0v) is 11.2. The second-order valence-corrected chi connectivity index (χ2v) is 4.86. The lowest BCUT2D eigenvalue weighted by Crippen LogP contribution is -2.45. The van der Waals surface area contributed by atoms with E-state index in [1.54, 1.807) is 4.90 Å². The molecule has 98 valence electrons. The van der Waals surface area contributed by atoms with Crippen LogP contribution in [0.25, 0.3) is 0 Å². The van der Waals surface area contributed by atoms with Gasteiger partial charge in [0.25, 0.3) is 0 Å². The summed E-state index contributed by atoms with van der Waals surface area (Å²) in [4.78, 5) is 14.0. The minimum Gasteiger partial charge on any atom is -0.379 e. The number of nitrogens with zero attached hydrogens (tertiary/aromatic N) is 1. The van der Waals surface area contributed by atoms with E-state index in [0.717, 1.165) is 18.5 Å². The lowest BCUT2D eigenvalue weighted by molar-refractivity contribution is -0.134. The summed E-state index contributed by atoms with van der Waals surface area (Å²) in [7, 11) is 1.83. The Labute approximate surface area is 104 Å². The summed E-state index contributed by atoms with van der Waals surface area (Å²) in [5, 5.41) is 3.38. The number of carbonyl (C=O) groups is 1. The summed E-state index contributed by atoms with van der Waals surface area (Å²) in [6.07, 6.45) is 1.07. The van der Waals surface area contributed by atoms with Crippen molar-refractivity contribution in [2.24, 2.45) is 5.92 Å². The van der Waals surface area contributed by atoms with Crippen LogP contribution in [0.5, 0.6) is 0 Å². The number of ether oxygens (including phenoxy) is 1. The van der Waals surface area contributed by atoms with Crippen molar-refractivity contribution in [1.29, 1.82) is 0 Å². The van der Waals surface area contributed by atoms with E-state index in [1.165, 1.54) is 0 Å². The monoisotopic (exact) mass is 240 g/mol. The number of hydrogen-bond donors (Lipinski definition) is 1. The van der Waals surface area contributed by atoms with Crippen LogP contribution in [0.15, 0.2) is 12.2 Å². The highest BCUT2D eigenvalue weighted by molar-refractivity contribution is 5.80. The molecule has 0 bridgehead atoms. The predicted octanol–water partition coefficient (Wildman–Crippen LogP) is 1.04. The van der Waals surface area contributed by atoms with Crippen molar-refractivity contribution in [3.05, 3.63) is 12.2 Å². The van der Waals surface area contributed by atoms with Crippen molar-refractivity contribution >= 4 is 5.91 Å². The van der Waals surface area contributed by atoms with Crippen LogP contribution < -0.4 is 5.32 Å². The summed E-state index contributed by atoms with van der Waals surface area (Å²) >= 11 is 0. The van der Waals surface area contributed by atoms with Gasteiger partial charge < -0.3 is 15.0 Å². The first-order valence-electron chi connectivity index (χ1n) is 6.26. The molecule has 1 rings (SSSR count). The Morgan fingerprint density at radius 2 is 2.24 bits per heavy atom. The Morgan fingerprint density at radius 3 is 2.82 bits per heavy atom. The van der Waals surface area contributed by atoms with Crippen LogP contribution >= 0.6 is 0 Å². The average Bonchev–Trinajstić information content (AvgIpc) is 2.72. The molecule has 0 radical (unpaired) electrons. The minimum absolute atomic E-state index is 0.0501. The van der Waals surface area contributed by atoms with Gasteiger partial charge in [0.15, 0.2) is 0 Å². The van der Waals surface area contributed by atoms with Crippen molar-refractivity contribution in [2.45, 2.75) is 26.3 Å². The number of nitrogens with one attached hydrogen (secondary N) is 1. The highest BCUT2D eigenvalue weighted by atomic mass is 16.5. The molecule has 1 amide bonds. The highest BCUT2D eigenvalue weighted by Crippen LogP contribution is 2.16. The minimum atomic E-state index is -0.0501. The summed E-state index contributed by atoms with van der Waals surface area (Å²) in [5.74, 6) is 0.102. The van der Waals surface area contributed by atoms with Gasteiger partial charge in [-0.2, -0.15) is 0 Å². The van der Waals surface area contributed by atoms with Gasteiger partial charge >= 0.3 is 0 Å². The smallest absolute Gasteiger partial charge is 0.229 e. The topological polar surface area (TPSA) is 41.6 Å². The fourth-order valence-electron chi connectivity index (χ4n) is 2.09. The van der Waals surface area contributed by atoms with E-state index < -0.39 is 0 Å². The van der Waals surface area contributed by atoms with E-state index in [1.807, 2.05) is 14.0 Å². The Hall–Kier alpha value is -0.870. The predicted molar refractivity (Wildman–Crippen MR) is 68.8 cm³/mol. The van der Waals surface area contributed by atoms with Crippen LogP contribution in [0.3, 0.4) is 0 Å². The second kappa shape index (κ2) is 6.77. The van der Waals surface area contributed by atoms with E-state index in [-0.39, 0.29) is 17.9 Å². The van der Waals surface area contributed by atoms with Crippen molar-refractivity contribution in [3.8, 4) is 0 Å². The average molecular weight is 240 g/mol. The molecule has 2 atom stereocenters. The third kappa shape index (κ3) is 4.13. The maximum Gasteiger partial charge on any atom is 0.229 e. The molecule has 1 saturated heterocycles. The molecule has 0 aromatic rings. The normalized spacial score (nSPS) is 23.7. The van der Waals surface area contributed by atoms with Gasteiger partial charge in [-0.05, 0) is 19.9 Å². The first kappa shape index (κ1) is 14.2. The zero-order valence-electron chi connectivity index (χ0n) is 11.2. The van der Waals surface area contributed by atoms with Crippen LogP contribution in [0, 0.1) is 5.92 Å². The summed E-state index contributed by atoms with van der Waals surface area (Å²) < 4.78 is 5.41. The molecule has 1 N–H and O–H groups in total. The molecule has 1 heterocycles. The van der Waals surface area contributed by atoms with Gasteiger partial charge in [-0.3, -0.25) is 4.79 Å². The maximum atomic E-state index is 12.2. The van der Waals surface area contributed by atoms with Crippen molar-refractivity contribution in [1.82, 2.24) is 10.2 Å². The fraction of sp³-hybridized carbons (Fsp3) is 0.769. The molecule has 1 aliphatic rings. The maximum absolute atomic E-state index is 12.2. The van der Waals surface area contributed by atoms with Gasteiger partial charge in [0.2, 0.25) is 5.91 Å². The first-order valence-corrected chi connectivity index (χ1v) is 6.26. The number of carbonyl (C=O) groups excluding carboxylic acids is 1. The van der Waals surface area contributed by atoms with E-state index in [4.69, 9.17) is 4.74 Å². The number of likely N-dealkylation sites (N-methyl/N-ethyl adjacent to an activating group) is 1. The van der Waals surface area contributed by atoms with Gasteiger partial charge in [-0.1, -0.05) is 19.1 Å². The highest BCUT2D eigenvalue weighted by Gasteiger charge is 2.35. The van der Waals surface area contributed by atoms with Gasteiger partial charge in [0.05, 0.1) is 19.1 Å². The largest absolute Gasteiger partial charge is 0.379 e. The molecule has 1 fully saturated rings. The lowest BCUT2D eigenvalue weighted by atomic mass is 10.0. The fourth-order valence-corrected chi connectivity index (χ4v) is 2.09. The van der Waals surface area contributed by atoms with Crippen molar-refractivity contribution in [2.75, 3.05) is 33.4 Å². The van der Waals surface area contributed by atoms with Gasteiger partial charge in [0, 0.05) is 19.6 Å². The van der Waals surface area contributed by atoms with Crippen molar-refractivity contribution in [3.63, 3.8) is 0 Å². The van der Waals surface area contributed by atoms with Gasteiger partial charge in [0.1, 0.15) is 0 Å². The molecule has 17 heavy (non-hydrogen) atoms. The number of hydrogen-bond acceptors (Lipinski definition) is 3. The zero-order chi connectivity index (χ0) is 12.8. The molecule has 0 spiro atoms. The van der Waals surface area contributed by atoms with Crippen molar-refractivity contribution < 1.29 is 9.53 Å². The quantitative estimate of drug-likeness (QED) is 0.705. The van der Waals surface area contributed by atoms with Crippen LogP contribution in [0.2, 0.25) is 0 Å². The molecule has 1 aliphatic heterocycles. The van der Waals surface area contributed by atoms with Crippen LogP contribution in [0.4, 0.5) is 0 Å². The van der Waals surface area contributed by atoms with E-state index in [9.17, 15) is 4.79 Å². The molecule has 2 unspecified atom stereocenters. The summed E-state index contributed by atoms with van der Waals surface area (Å²) in [6, 6.07) is 0.162. The molecule has 4 heteroatoms. The Morgan fingerprint density at radius 1 is 1.53 bits per heavy atom. The summed E-state index contributed by atoms with van der Waals surface area (Å²) in [6.45, 7) is 10.6. The molecular weight excluding hydrogens is 216 g/mol. The van der Waals surface area contributed by atoms with E-state index in [0.29, 0.717) is 19.8 Å². The Kier molecular flexibility index (Phi) is 5.65. The van der Waals surface area contributed by atoms with E-state index >= 15 is 0 Å². The lowest BCUT2D eigenvalue weighted by Gasteiger charge is -2.24. The third-order valence-corrected chi connectivity index (χ3v) is 2.94. The van der Waals surface area contributed by atoms with Crippen LogP contribution in [-0.4, -0.2) is 50.2 Å². The molecule has 0 aromatic heterocycles. The van der Waals surface area contributed by atoms with Crippen LogP contribution in [0.1, 0.15) is 20.3 Å². The number of rotatable bonds is 6. The molecule has 0 aromatic carbocycles. The second-order valence-electron chi connectivity index (χ2n) is 4.86. The molecule has 0 aliphatic carbocycles. The Bertz CT molecular complexity index is 279. The molecule has 4 nitrogen and oxygen atoms in total. The Balaban J connectivity index is 2.51. The van der Waals surface area contributed by atoms with Gasteiger partial charge in [-0.15, -0.1) is 0 Å². The molecular formula is C13H24N2O2.